The van der Waals surface area contributed by atoms with Crippen molar-refractivity contribution in [1.82, 2.24) is 9.71 Å². The first-order chi connectivity index (χ1) is 10.6. The van der Waals surface area contributed by atoms with Gasteiger partial charge in [-0.25, -0.2) is 18.1 Å². The smallest absolute Gasteiger partial charge is 0.240 e. The highest BCUT2D eigenvalue weighted by atomic mass is 32.2. The molecule has 1 fully saturated rings. The molecule has 3 rings (SSSR count). The summed E-state index contributed by atoms with van der Waals surface area (Å²) in [5.41, 5.74) is 0.820. The molecule has 1 aromatic carbocycles. The first-order valence-electron chi connectivity index (χ1n) is 7.26. The first kappa shape index (κ1) is 15.0. The van der Waals surface area contributed by atoms with Crippen LogP contribution in [0.1, 0.15) is 18.4 Å². The Morgan fingerprint density at radius 3 is 2.68 bits per heavy atom. The Morgan fingerprint density at radius 1 is 1.18 bits per heavy atom. The second-order valence-corrected chi connectivity index (χ2v) is 7.16. The van der Waals surface area contributed by atoms with Crippen molar-refractivity contribution < 1.29 is 13.2 Å². The zero-order chi connectivity index (χ0) is 15.4. The second-order valence-electron chi connectivity index (χ2n) is 5.39. The SMILES string of the molecule is O=S(=O)(NCc1ccnc(OCC2CC2)c1)c1ccccc1. The minimum absolute atomic E-state index is 0.208. The summed E-state index contributed by atoms with van der Waals surface area (Å²) in [6, 6.07) is 11.9. The van der Waals surface area contributed by atoms with E-state index in [4.69, 9.17) is 4.74 Å². The van der Waals surface area contributed by atoms with Gasteiger partial charge in [-0.2, -0.15) is 0 Å². The van der Waals surface area contributed by atoms with Crippen molar-refractivity contribution >= 4 is 10.0 Å². The van der Waals surface area contributed by atoms with Gasteiger partial charge in [-0.3, -0.25) is 0 Å². The Morgan fingerprint density at radius 2 is 1.95 bits per heavy atom. The molecule has 22 heavy (non-hydrogen) atoms. The van der Waals surface area contributed by atoms with Crippen LogP contribution >= 0.6 is 0 Å². The van der Waals surface area contributed by atoms with Gasteiger partial charge in [-0.1, -0.05) is 18.2 Å². The van der Waals surface area contributed by atoms with Crippen molar-refractivity contribution in [1.29, 1.82) is 0 Å². The highest BCUT2D eigenvalue weighted by Gasteiger charge is 2.22. The highest BCUT2D eigenvalue weighted by molar-refractivity contribution is 7.89. The van der Waals surface area contributed by atoms with Crippen LogP contribution in [0.2, 0.25) is 0 Å². The molecular weight excluding hydrogens is 300 g/mol. The molecule has 1 N–H and O–H groups in total. The zero-order valence-corrected chi connectivity index (χ0v) is 12.9. The third-order valence-electron chi connectivity index (χ3n) is 3.48. The second kappa shape index (κ2) is 6.46. The number of rotatable bonds is 7. The van der Waals surface area contributed by atoms with Gasteiger partial charge in [-0.15, -0.1) is 0 Å². The number of sulfonamides is 1. The van der Waals surface area contributed by atoms with Crippen molar-refractivity contribution in [2.75, 3.05) is 6.61 Å². The molecule has 1 saturated carbocycles. The van der Waals surface area contributed by atoms with Crippen LogP contribution in [0.5, 0.6) is 5.88 Å². The summed E-state index contributed by atoms with van der Waals surface area (Å²) in [7, 11) is -3.50. The van der Waals surface area contributed by atoms with Crippen LogP contribution in [-0.2, 0) is 16.6 Å². The van der Waals surface area contributed by atoms with Crippen LogP contribution in [0.15, 0.2) is 53.6 Å². The van der Waals surface area contributed by atoms with Crippen LogP contribution < -0.4 is 9.46 Å². The molecule has 5 nitrogen and oxygen atoms in total. The number of benzene rings is 1. The number of nitrogens with one attached hydrogen (secondary N) is 1. The van der Waals surface area contributed by atoms with Gasteiger partial charge < -0.3 is 4.74 Å². The number of hydrogen-bond acceptors (Lipinski definition) is 4. The normalized spacial score (nSPS) is 14.7. The predicted octanol–water partition coefficient (Wildman–Crippen LogP) is 2.35. The molecule has 1 heterocycles. The lowest BCUT2D eigenvalue weighted by Gasteiger charge is -2.08. The summed E-state index contributed by atoms with van der Waals surface area (Å²) in [6.45, 7) is 0.895. The molecule has 0 saturated heterocycles. The number of nitrogens with zero attached hydrogens (tertiary/aromatic N) is 1. The lowest BCUT2D eigenvalue weighted by molar-refractivity contribution is 0.288. The first-order valence-corrected chi connectivity index (χ1v) is 8.74. The number of pyridine rings is 1. The van der Waals surface area contributed by atoms with Crippen LogP contribution in [-0.4, -0.2) is 20.0 Å². The van der Waals surface area contributed by atoms with Crippen LogP contribution in [0, 0.1) is 5.92 Å². The Labute approximate surface area is 130 Å². The molecule has 1 aliphatic rings. The number of ether oxygens (including phenoxy) is 1. The fourth-order valence-electron chi connectivity index (χ4n) is 1.99. The monoisotopic (exact) mass is 318 g/mol. The van der Waals surface area contributed by atoms with Gasteiger partial charge in [0.1, 0.15) is 0 Å². The van der Waals surface area contributed by atoms with E-state index in [9.17, 15) is 8.42 Å². The quantitative estimate of drug-likeness (QED) is 0.851. The fraction of sp³-hybridized carbons (Fsp3) is 0.312. The van der Waals surface area contributed by atoms with Crippen molar-refractivity contribution in [2.24, 2.45) is 5.92 Å². The third kappa shape index (κ3) is 4.05. The largest absolute Gasteiger partial charge is 0.477 e. The van der Waals surface area contributed by atoms with E-state index in [1.54, 1.807) is 48.7 Å². The minimum atomic E-state index is -3.50. The third-order valence-corrected chi connectivity index (χ3v) is 4.90. The van der Waals surface area contributed by atoms with Crippen LogP contribution in [0.25, 0.3) is 0 Å². The molecule has 0 unspecified atom stereocenters. The van der Waals surface area contributed by atoms with Gasteiger partial charge in [0.15, 0.2) is 0 Å². The minimum Gasteiger partial charge on any atom is -0.477 e. The van der Waals surface area contributed by atoms with Gasteiger partial charge in [0.25, 0.3) is 0 Å². The summed E-state index contributed by atoms with van der Waals surface area (Å²) in [5, 5.41) is 0. The summed E-state index contributed by atoms with van der Waals surface area (Å²) < 4.78 is 32.5. The van der Waals surface area contributed by atoms with E-state index in [2.05, 4.69) is 9.71 Å². The van der Waals surface area contributed by atoms with Crippen molar-refractivity contribution in [3.63, 3.8) is 0 Å². The Kier molecular flexibility index (Phi) is 4.40. The van der Waals surface area contributed by atoms with E-state index < -0.39 is 10.0 Å². The van der Waals surface area contributed by atoms with Crippen molar-refractivity contribution in [3.8, 4) is 5.88 Å². The van der Waals surface area contributed by atoms with Gasteiger partial charge in [0.05, 0.1) is 11.5 Å². The van der Waals surface area contributed by atoms with E-state index in [-0.39, 0.29) is 11.4 Å². The molecule has 0 bridgehead atoms. The average molecular weight is 318 g/mol. The molecule has 0 radical (unpaired) electrons. The Bertz CT molecular complexity index is 728. The van der Waals surface area contributed by atoms with Gasteiger partial charge in [-0.05, 0) is 42.5 Å². The summed E-state index contributed by atoms with van der Waals surface area (Å²) in [4.78, 5) is 4.40. The number of hydrogen-bond donors (Lipinski definition) is 1. The summed E-state index contributed by atoms with van der Waals surface area (Å²) in [5.74, 6) is 1.20. The Hall–Kier alpha value is -1.92. The van der Waals surface area contributed by atoms with E-state index in [0.717, 1.165) is 5.56 Å². The van der Waals surface area contributed by atoms with Gasteiger partial charge in [0.2, 0.25) is 15.9 Å². The molecular formula is C16H18N2O3S. The average Bonchev–Trinajstić information content (AvgIpc) is 3.37. The molecule has 2 aromatic rings. The van der Waals surface area contributed by atoms with Crippen molar-refractivity contribution in [2.45, 2.75) is 24.3 Å². The van der Waals surface area contributed by atoms with Gasteiger partial charge in [0, 0.05) is 18.8 Å². The summed E-state index contributed by atoms with van der Waals surface area (Å²) in [6.07, 6.45) is 4.07. The van der Waals surface area contributed by atoms with E-state index in [0.29, 0.717) is 18.4 Å². The van der Waals surface area contributed by atoms with E-state index in [1.165, 1.54) is 12.8 Å². The maximum absolute atomic E-state index is 12.2. The lowest BCUT2D eigenvalue weighted by Crippen LogP contribution is -2.23. The molecule has 0 spiro atoms. The lowest BCUT2D eigenvalue weighted by atomic mass is 10.3. The predicted molar refractivity (Wildman–Crippen MR) is 82.9 cm³/mol. The molecule has 0 atom stereocenters. The molecule has 0 aliphatic heterocycles. The van der Waals surface area contributed by atoms with Gasteiger partial charge >= 0.3 is 0 Å². The van der Waals surface area contributed by atoms with Crippen LogP contribution in [0.4, 0.5) is 0 Å². The molecule has 6 heteroatoms. The molecule has 1 aromatic heterocycles. The zero-order valence-electron chi connectivity index (χ0n) is 12.1. The standard InChI is InChI=1S/C16H18N2O3S/c19-22(20,15-4-2-1-3-5-15)18-11-14-8-9-17-16(10-14)21-12-13-6-7-13/h1-5,8-10,13,18H,6-7,11-12H2. The number of aromatic nitrogens is 1. The maximum atomic E-state index is 12.2. The molecule has 0 amide bonds. The van der Waals surface area contributed by atoms with E-state index in [1.807, 2.05) is 0 Å². The summed E-state index contributed by atoms with van der Waals surface area (Å²) >= 11 is 0. The fourth-order valence-corrected chi connectivity index (χ4v) is 3.03. The van der Waals surface area contributed by atoms with Crippen LogP contribution in [0.3, 0.4) is 0 Å². The molecule has 116 valence electrons. The highest BCUT2D eigenvalue weighted by Crippen LogP contribution is 2.29. The maximum Gasteiger partial charge on any atom is 0.240 e. The topological polar surface area (TPSA) is 68.3 Å². The van der Waals surface area contributed by atoms with E-state index >= 15 is 0 Å². The van der Waals surface area contributed by atoms with Crippen molar-refractivity contribution in [3.05, 3.63) is 54.2 Å². The Balaban J connectivity index is 1.62. The molecule has 1 aliphatic carbocycles.